The monoisotopic (exact) mass is 308 g/mol. The summed E-state index contributed by atoms with van der Waals surface area (Å²) >= 11 is 0. The van der Waals surface area contributed by atoms with E-state index in [4.69, 9.17) is 0 Å². The fourth-order valence-corrected chi connectivity index (χ4v) is 3.83. The highest BCUT2D eigenvalue weighted by Crippen LogP contribution is 2.50. The molecule has 0 unspecified atom stereocenters. The number of halogens is 1. The van der Waals surface area contributed by atoms with E-state index in [0.717, 1.165) is 12.0 Å². The molecule has 4 heteroatoms. The number of nitrogens with one attached hydrogen (secondary N) is 1. The number of anilines is 1. The van der Waals surface area contributed by atoms with Gasteiger partial charge in [0.25, 0.3) is 0 Å². The molecule has 2 aromatic rings. The average Bonchev–Trinajstić information content (AvgIpc) is 3.04. The van der Waals surface area contributed by atoms with Crippen molar-refractivity contribution in [2.75, 3.05) is 5.32 Å². The maximum absolute atomic E-state index is 14.3. The number of carboxylic acid groups (broad SMARTS) is 1. The summed E-state index contributed by atoms with van der Waals surface area (Å²) in [5, 5.41) is 14.7. The second kappa shape index (κ2) is 5.23. The molecule has 1 N–H and O–H groups in total. The van der Waals surface area contributed by atoms with Crippen LogP contribution in [0.25, 0.3) is 0 Å². The number of hydrogen-bond acceptors (Lipinski definition) is 3. The first-order chi connectivity index (χ1) is 11.2. The molecule has 0 fully saturated rings. The average molecular weight is 308 g/mol. The molecule has 2 aromatic carbocycles. The number of fused-ring (bicyclic) bond motifs is 3. The Bertz CT molecular complexity index is 815. The van der Waals surface area contributed by atoms with E-state index in [1.807, 2.05) is 6.07 Å². The van der Waals surface area contributed by atoms with E-state index in [1.54, 1.807) is 24.3 Å². The van der Waals surface area contributed by atoms with Crippen LogP contribution in [0.3, 0.4) is 0 Å². The first kappa shape index (κ1) is 14.0. The minimum Gasteiger partial charge on any atom is -0.545 e. The van der Waals surface area contributed by atoms with Gasteiger partial charge in [-0.05, 0) is 24.0 Å². The number of carboxylic acids is 1. The van der Waals surface area contributed by atoms with Crippen molar-refractivity contribution in [3.63, 3.8) is 0 Å². The number of para-hydroxylation sites is 1. The van der Waals surface area contributed by atoms with Crippen LogP contribution in [0.4, 0.5) is 10.1 Å². The fraction of sp³-hybridized carbons (Fsp3) is 0.211. The third kappa shape index (κ3) is 2.13. The van der Waals surface area contributed by atoms with E-state index >= 15 is 0 Å². The van der Waals surface area contributed by atoms with Crippen LogP contribution in [0, 0.1) is 11.7 Å². The first-order valence-corrected chi connectivity index (χ1v) is 7.68. The summed E-state index contributed by atoms with van der Waals surface area (Å²) in [5.74, 6) is -1.22. The van der Waals surface area contributed by atoms with Crippen molar-refractivity contribution in [2.24, 2.45) is 5.92 Å². The van der Waals surface area contributed by atoms with Crippen LogP contribution in [0.5, 0.6) is 0 Å². The Hall–Kier alpha value is -2.62. The molecule has 0 bridgehead atoms. The predicted molar refractivity (Wildman–Crippen MR) is 83.5 cm³/mol. The zero-order chi connectivity index (χ0) is 16.0. The van der Waals surface area contributed by atoms with Crippen molar-refractivity contribution in [1.29, 1.82) is 0 Å². The Kier molecular flexibility index (Phi) is 3.18. The quantitative estimate of drug-likeness (QED) is 0.868. The third-order valence-electron chi connectivity index (χ3n) is 4.86. The van der Waals surface area contributed by atoms with Crippen LogP contribution in [-0.2, 0) is 0 Å². The van der Waals surface area contributed by atoms with Gasteiger partial charge < -0.3 is 15.2 Å². The number of rotatable bonds is 2. The number of carbonyl (C=O) groups excluding carboxylic acids is 1. The minimum absolute atomic E-state index is 0.0927. The molecule has 116 valence electrons. The molecule has 0 spiro atoms. The molecule has 3 nitrogen and oxygen atoms in total. The third-order valence-corrected chi connectivity index (χ3v) is 4.86. The van der Waals surface area contributed by atoms with Crippen LogP contribution in [0.2, 0.25) is 0 Å². The lowest BCUT2D eigenvalue weighted by Crippen LogP contribution is -2.32. The Balaban J connectivity index is 1.87. The molecule has 0 saturated heterocycles. The van der Waals surface area contributed by atoms with Crippen molar-refractivity contribution >= 4 is 11.7 Å². The standard InChI is InChI=1S/C19H16FNO2/c20-16-10-2-1-5-14(16)17-12-7-3-6-11(12)13-8-4-9-15(19(22)23)18(13)21-17/h1-6,8-12,17,21H,7H2,(H,22,23)/p-1/t11-,12-,17+/m1/s1. The lowest BCUT2D eigenvalue weighted by molar-refractivity contribution is -0.254. The van der Waals surface area contributed by atoms with Gasteiger partial charge in [-0.3, -0.25) is 0 Å². The number of hydrogen-bond donors (Lipinski definition) is 1. The Morgan fingerprint density at radius 2 is 1.91 bits per heavy atom. The number of carbonyl (C=O) groups is 1. The van der Waals surface area contributed by atoms with E-state index in [-0.39, 0.29) is 29.3 Å². The Morgan fingerprint density at radius 1 is 1.13 bits per heavy atom. The van der Waals surface area contributed by atoms with E-state index < -0.39 is 5.97 Å². The second-order valence-corrected chi connectivity index (χ2v) is 6.05. The summed E-state index contributed by atoms with van der Waals surface area (Å²) in [5.41, 5.74) is 2.19. The van der Waals surface area contributed by atoms with E-state index in [0.29, 0.717) is 11.3 Å². The molecule has 0 radical (unpaired) electrons. The number of aromatic carboxylic acids is 1. The highest BCUT2D eigenvalue weighted by atomic mass is 19.1. The maximum Gasteiger partial charge on any atom is 0.128 e. The van der Waals surface area contributed by atoms with Crippen molar-refractivity contribution in [1.82, 2.24) is 0 Å². The summed E-state index contributed by atoms with van der Waals surface area (Å²) in [6, 6.07) is 11.6. The molecule has 1 heterocycles. The summed E-state index contributed by atoms with van der Waals surface area (Å²) in [6.45, 7) is 0. The molecule has 3 atom stereocenters. The molecular formula is C19H15FNO2-. The fourth-order valence-electron chi connectivity index (χ4n) is 3.83. The highest BCUT2D eigenvalue weighted by molar-refractivity contribution is 5.94. The smallest absolute Gasteiger partial charge is 0.128 e. The summed E-state index contributed by atoms with van der Waals surface area (Å²) < 4.78 is 14.3. The molecule has 23 heavy (non-hydrogen) atoms. The van der Waals surface area contributed by atoms with Crippen molar-refractivity contribution in [2.45, 2.75) is 18.4 Å². The number of allylic oxidation sites excluding steroid dienone is 2. The maximum atomic E-state index is 14.3. The second-order valence-electron chi connectivity index (χ2n) is 6.05. The lowest BCUT2D eigenvalue weighted by atomic mass is 9.76. The SMILES string of the molecule is O=C([O-])c1cccc2c1N[C@H](c1ccccc1F)[C@@H]1CC=C[C@@H]21. The van der Waals surface area contributed by atoms with Gasteiger partial charge in [-0.25, -0.2) is 4.39 Å². The van der Waals surface area contributed by atoms with Crippen LogP contribution in [0.1, 0.15) is 39.9 Å². The summed E-state index contributed by atoms with van der Waals surface area (Å²) in [7, 11) is 0. The van der Waals surface area contributed by atoms with Crippen LogP contribution in [-0.4, -0.2) is 5.97 Å². The first-order valence-electron chi connectivity index (χ1n) is 7.68. The van der Waals surface area contributed by atoms with Gasteiger partial charge in [0.15, 0.2) is 0 Å². The van der Waals surface area contributed by atoms with E-state index in [2.05, 4.69) is 17.5 Å². The van der Waals surface area contributed by atoms with Gasteiger partial charge in [-0.2, -0.15) is 0 Å². The van der Waals surface area contributed by atoms with Gasteiger partial charge in [0.05, 0.1) is 12.0 Å². The van der Waals surface area contributed by atoms with Gasteiger partial charge >= 0.3 is 0 Å². The molecule has 2 aliphatic rings. The molecule has 0 aromatic heterocycles. The van der Waals surface area contributed by atoms with E-state index in [1.165, 1.54) is 12.1 Å². The molecule has 1 aliphatic heterocycles. The van der Waals surface area contributed by atoms with Crippen LogP contribution in [0.15, 0.2) is 54.6 Å². The summed E-state index contributed by atoms with van der Waals surface area (Å²) in [6.07, 6.45) is 5.02. The highest BCUT2D eigenvalue weighted by Gasteiger charge is 2.39. The van der Waals surface area contributed by atoms with Crippen molar-refractivity contribution < 1.29 is 14.3 Å². The van der Waals surface area contributed by atoms with Gasteiger partial charge in [0.1, 0.15) is 5.82 Å². The van der Waals surface area contributed by atoms with Crippen molar-refractivity contribution in [3.05, 3.63) is 77.1 Å². The number of benzene rings is 2. The Labute approximate surface area is 133 Å². The Morgan fingerprint density at radius 3 is 2.70 bits per heavy atom. The van der Waals surface area contributed by atoms with Gasteiger partial charge in [-0.15, -0.1) is 0 Å². The van der Waals surface area contributed by atoms with Gasteiger partial charge in [0, 0.05) is 22.7 Å². The predicted octanol–water partition coefficient (Wildman–Crippen LogP) is 3.02. The lowest BCUT2D eigenvalue weighted by Gasteiger charge is -2.38. The zero-order valence-electron chi connectivity index (χ0n) is 12.3. The largest absolute Gasteiger partial charge is 0.545 e. The molecule has 4 rings (SSSR count). The molecule has 1 aliphatic carbocycles. The summed E-state index contributed by atoms with van der Waals surface area (Å²) in [4.78, 5) is 11.4. The topological polar surface area (TPSA) is 52.2 Å². The molecule has 0 amide bonds. The molecular weight excluding hydrogens is 293 g/mol. The van der Waals surface area contributed by atoms with E-state index in [9.17, 15) is 14.3 Å². The van der Waals surface area contributed by atoms with Crippen LogP contribution < -0.4 is 10.4 Å². The molecule has 0 saturated carbocycles. The zero-order valence-corrected chi connectivity index (χ0v) is 12.3. The van der Waals surface area contributed by atoms with Gasteiger partial charge in [0.2, 0.25) is 0 Å². The van der Waals surface area contributed by atoms with Crippen LogP contribution >= 0.6 is 0 Å². The normalized spacial score (nSPS) is 24.7. The van der Waals surface area contributed by atoms with Crippen molar-refractivity contribution in [3.8, 4) is 0 Å². The van der Waals surface area contributed by atoms with Gasteiger partial charge in [-0.1, -0.05) is 48.6 Å². The minimum atomic E-state index is -1.22.